The lowest BCUT2D eigenvalue weighted by molar-refractivity contribution is -0.134. The van der Waals surface area contributed by atoms with Gasteiger partial charge in [0.1, 0.15) is 6.26 Å². The zero-order chi connectivity index (χ0) is 11.4. The number of carbonyl (C=O) groups excluding carboxylic acids is 1. The Bertz CT molecular complexity index is 335. The van der Waals surface area contributed by atoms with Gasteiger partial charge >= 0.3 is 0 Å². The van der Waals surface area contributed by atoms with Crippen LogP contribution in [0, 0.1) is 0 Å². The molecule has 0 bridgehead atoms. The molecule has 1 atom stereocenters. The Morgan fingerprint density at radius 3 is 3.19 bits per heavy atom. The van der Waals surface area contributed by atoms with Crippen LogP contribution < -0.4 is 0 Å². The Morgan fingerprint density at radius 1 is 1.62 bits per heavy atom. The summed E-state index contributed by atoms with van der Waals surface area (Å²) in [6.45, 7) is 3.04. The Morgan fingerprint density at radius 2 is 2.50 bits per heavy atom. The van der Waals surface area contributed by atoms with Gasteiger partial charge in [0.25, 0.3) is 0 Å². The maximum absolute atomic E-state index is 12.1. The molecule has 2 heterocycles. The van der Waals surface area contributed by atoms with Crippen molar-refractivity contribution in [1.29, 1.82) is 0 Å². The Kier molecular flexibility index (Phi) is 3.59. The summed E-state index contributed by atoms with van der Waals surface area (Å²) >= 11 is 0. The van der Waals surface area contributed by atoms with Crippen molar-refractivity contribution >= 4 is 5.91 Å². The van der Waals surface area contributed by atoms with E-state index in [4.69, 9.17) is 4.52 Å². The molecular weight excluding hydrogens is 204 g/mol. The third kappa shape index (κ3) is 2.43. The lowest BCUT2D eigenvalue weighted by Gasteiger charge is -2.35. The SMILES string of the molecule is CCC1CCCCN1C(=O)Cc1ccon1. The van der Waals surface area contributed by atoms with Crippen molar-refractivity contribution in [3.8, 4) is 0 Å². The zero-order valence-corrected chi connectivity index (χ0v) is 9.69. The fourth-order valence-electron chi connectivity index (χ4n) is 2.34. The van der Waals surface area contributed by atoms with Crippen LogP contribution in [0.15, 0.2) is 16.9 Å². The number of piperidine rings is 1. The lowest BCUT2D eigenvalue weighted by atomic mass is 9.99. The third-order valence-electron chi connectivity index (χ3n) is 3.24. The van der Waals surface area contributed by atoms with Crippen molar-refractivity contribution in [3.63, 3.8) is 0 Å². The number of nitrogens with zero attached hydrogens (tertiary/aromatic N) is 2. The van der Waals surface area contributed by atoms with Crippen LogP contribution in [0.5, 0.6) is 0 Å². The van der Waals surface area contributed by atoms with Crippen LogP contribution in [0.3, 0.4) is 0 Å². The minimum atomic E-state index is 0.181. The van der Waals surface area contributed by atoms with E-state index in [0.717, 1.165) is 31.5 Å². The second-order valence-electron chi connectivity index (χ2n) is 4.31. The molecule has 1 saturated heterocycles. The second kappa shape index (κ2) is 5.14. The van der Waals surface area contributed by atoms with Gasteiger partial charge in [-0.15, -0.1) is 0 Å². The molecule has 4 nitrogen and oxygen atoms in total. The van der Waals surface area contributed by atoms with E-state index in [1.54, 1.807) is 6.07 Å². The van der Waals surface area contributed by atoms with Gasteiger partial charge in [0.15, 0.2) is 0 Å². The number of aromatic nitrogens is 1. The monoisotopic (exact) mass is 222 g/mol. The highest BCUT2D eigenvalue weighted by molar-refractivity contribution is 5.78. The van der Waals surface area contributed by atoms with Gasteiger partial charge < -0.3 is 9.42 Å². The topological polar surface area (TPSA) is 46.3 Å². The highest BCUT2D eigenvalue weighted by atomic mass is 16.5. The molecule has 0 spiro atoms. The molecule has 0 N–H and O–H groups in total. The molecule has 1 unspecified atom stereocenters. The van der Waals surface area contributed by atoms with E-state index in [2.05, 4.69) is 12.1 Å². The van der Waals surface area contributed by atoms with Crippen LogP contribution in [-0.2, 0) is 11.2 Å². The van der Waals surface area contributed by atoms with Crippen molar-refractivity contribution < 1.29 is 9.32 Å². The largest absolute Gasteiger partial charge is 0.364 e. The minimum Gasteiger partial charge on any atom is -0.364 e. The molecule has 0 aliphatic carbocycles. The van der Waals surface area contributed by atoms with Crippen LogP contribution >= 0.6 is 0 Å². The highest BCUT2D eigenvalue weighted by Crippen LogP contribution is 2.20. The van der Waals surface area contributed by atoms with Gasteiger partial charge in [-0.25, -0.2) is 0 Å². The average Bonchev–Trinajstić information content (AvgIpc) is 2.81. The molecule has 1 aliphatic rings. The molecule has 0 aromatic carbocycles. The van der Waals surface area contributed by atoms with Crippen molar-refractivity contribution in [2.24, 2.45) is 0 Å². The number of amides is 1. The summed E-state index contributed by atoms with van der Waals surface area (Å²) in [6, 6.07) is 2.18. The summed E-state index contributed by atoms with van der Waals surface area (Å²) in [5, 5.41) is 3.78. The second-order valence-corrected chi connectivity index (χ2v) is 4.31. The fourth-order valence-corrected chi connectivity index (χ4v) is 2.34. The maximum Gasteiger partial charge on any atom is 0.228 e. The molecule has 1 fully saturated rings. The molecule has 0 radical (unpaired) electrons. The van der Waals surface area contributed by atoms with Crippen LogP contribution in [0.1, 0.15) is 38.3 Å². The van der Waals surface area contributed by atoms with Crippen LogP contribution in [-0.4, -0.2) is 28.6 Å². The van der Waals surface area contributed by atoms with Crippen molar-refractivity contribution in [2.45, 2.75) is 45.1 Å². The summed E-state index contributed by atoms with van der Waals surface area (Å²) in [4.78, 5) is 14.1. The van der Waals surface area contributed by atoms with Crippen molar-refractivity contribution in [1.82, 2.24) is 10.1 Å². The van der Waals surface area contributed by atoms with Crippen LogP contribution in [0.4, 0.5) is 0 Å². The lowest BCUT2D eigenvalue weighted by Crippen LogP contribution is -2.44. The van der Waals surface area contributed by atoms with Crippen LogP contribution in [0.2, 0.25) is 0 Å². The van der Waals surface area contributed by atoms with E-state index in [1.807, 2.05) is 4.90 Å². The molecule has 1 amide bonds. The summed E-state index contributed by atoms with van der Waals surface area (Å²) in [5.74, 6) is 0.181. The average molecular weight is 222 g/mol. The first-order valence-corrected chi connectivity index (χ1v) is 6.00. The molecule has 1 aromatic heterocycles. The summed E-state index contributed by atoms with van der Waals surface area (Å²) in [6.07, 6.45) is 6.43. The molecule has 1 aliphatic heterocycles. The molecule has 0 saturated carbocycles. The Balaban J connectivity index is 1.97. The van der Waals surface area contributed by atoms with E-state index in [0.29, 0.717) is 12.5 Å². The molecule has 4 heteroatoms. The summed E-state index contributed by atoms with van der Waals surface area (Å²) in [5.41, 5.74) is 0.727. The molecule has 2 rings (SSSR count). The number of carbonyl (C=O) groups is 1. The van der Waals surface area contributed by atoms with Gasteiger partial charge in [-0.3, -0.25) is 4.79 Å². The van der Waals surface area contributed by atoms with Gasteiger partial charge in [-0.2, -0.15) is 0 Å². The summed E-state index contributed by atoms with van der Waals surface area (Å²) in [7, 11) is 0. The van der Waals surface area contributed by atoms with Crippen LogP contribution in [0.25, 0.3) is 0 Å². The minimum absolute atomic E-state index is 0.181. The van der Waals surface area contributed by atoms with E-state index in [9.17, 15) is 4.79 Å². The van der Waals surface area contributed by atoms with Gasteiger partial charge in [0.05, 0.1) is 12.1 Å². The number of hydrogen-bond acceptors (Lipinski definition) is 3. The zero-order valence-electron chi connectivity index (χ0n) is 9.69. The Hall–Kier alpha value is -1.32. The quantitative estimate of drug-likeness (QED) is 0.786. The van der Waals surface area contributed by atoms with Crippen molar-refractivity contribution in [2.75, 3.05) is 6.54 Å². The normalized spacial score (nSPS) is 21.1. The van der Waals surface area contributed by atoms with E-state index >= 15 is 0 Å². The van der Waals surface area contributed by atoms with E-state index in [1.165, 1.54) is 12.7 Å². The first kappa shape index (κ1) is 11.2. The van der Waals surface area contributed by atoms with Crippen molar-refractivity contribution in [3.05, 3.63) is 18.0 Å². The fraction of sp³-hybridized carbons (Fsp3) is 0.667. The third-order valence-corrected chi connectivity index (χ3v) is 3.24. The number of hydrogen-bond donors (Lipinski definition) is 0. The van der Waals surface area contributed by atoms with E-state index in [-0.39, 0.29) is 5.91 Å². The molecule has 88 valence electrons. The van der Waals surface area contributed by atoms with Gasteiger partial charge in [-0.05, 0) is 25.7 Å². The van der Waals surface area contributed by atoms with Gasteiger partial charge in [0, 0.05) is 18.7 Å². The van der Waals surface area contributed by atoms with E-state index < -0.39 is 0 Å². The predicted molar refractivity (Wildman–Crippen MR) is 59.9 cm³/mol. The predicted octanol–water partition coefficient (Wildman–Crippen LogP) is 2.01. The number of rotatable bonds is 3. The summed E-state index contributed by atoms with van der Waals surface area (Å²) < 4.78 is 4.74. The molecular formula is C12H18N2O2. The first-order chi connectivity index (χ1) is 7.81. The molecule has 16 heavy (non-hydrogen) atoms. The Labute approximate surface area is 95.6 Å². The smallest absolute Gasteiger partial charge is 0.228 e. The number of likely N-dealkylation sites (tertiary alicyclic amines) is 1. The van der Waals surface area contributed by atoms with Gasteiger partial charge in [-0.1, -0.05) is 12.1 Å². The highest BCUT2D eigenvalue weighted by Gasteiger charge is 2.25. The van der Waals surface area contributed by atoms with Gasteiger partial charge in [0.2, 0.25) is 5.91 Å². The first-order valence-electron chi connectivity index (χ1n) is 6.00. The maximum atomic E-state index is 12.1. The standard InChI is InChI=1S/C12H18N2O2/c1-2-11-5-3-4-7-14(11)12(15)9-10-6-8-16-13-10/h6,8,11H,2-5,7,9H2,1H3. The molecule has 1 aromatic rings.